The molecule has 3 atom stereocenters. The second-order valence-corrected chi connectivity index (χ2v) is 9.66. The molecule has 2 aliphatic heterocycles. The lowest BCUT2D eigenvalue weighted by atomic mass is 10.1. The number of ether oxygens (including phenoxy) is 1. The Balaban J connectivity index is 1.55. The highest BCUT2D eigenvalue weighted by atomic mass is 79.9. The van der Waals surface area contributed by atoms with Crippen LogP contribution in [0.5, 0.6) is 5.75 Å². The van der Waals surface area contributed by atoms with Gasteiger partial charge in [0.1, 0.15) is 18.4 Å². The van der Waals surface area contributed by atoms with Crippen molar-refractivity contribution in [1.29, 1.82) is 5.26 Å². The average Bonchev–Trinajstić information content (AvgIpc) is 3.35. The number of hydrogen-bond donors (Lipinski definition) is 2. The molecular formula is C18H23BrN4O4S. The molecule has 2 heterocycles. The first-order valence-electron chi connectivity index (χ1n) is 9.17. The van der Waals surface area contributed by atoms with E-state index in [1.54, 1.807) is 11.0 Å². The zero-order chi connectivity index (χ0) is 20.3. The van der Waals surface area contributed by atoms with Crippen LogP contribution in [0.3, 0.4) is 0 Å². The molecule has 8 nitrogen and oxygen atoms in total. The maximum absolute atomic E-state index is 12.7. The maximum Gasteiger partial charge on any atom is 0.240 e. The van der Waals surface area contributed by atoms with Gasteiger partial charge in [-0.25, -0.2) is 13.1 Å². The van der Waals surface area contributed by atoms with E-state index in [2.05, 4.69) is 32.0 Å². The number of carbonyl (C=O) groups excluding carboxylic acids is 1. The van der Waals surface area contributed by atoms with E-state index in [0.29, 0.717) is 29.8 Å². The van der Waals surface area contributed by atoms with Crippen molar-refractivity contribution in [1.82, 2.24) is 14.9 Å². The van der Waals surface area contributed by atoms with E-state index in [4.69, 9.17) is 4.74 Å². The minimum Gasteiger partial charge on any atom is -0.491 e. The van der Waals surface area contributed by atoms with Crippen molar-refractivity contribution < 1.29 is 17.9 Å². The lowest BCUT2D eigenvalue weighted by Gasteiger charge is -2.24. The molecule has 0 radical (unpaired) electrons. The average molecular weight is 471 g/mol. The molecule has 1 aromatic rings. The molecule has 1 amide bonds. The largest absolute Gasteiger partial charge is 0.491 e. The highest BCUT2D eigenvalue weighted by molar-refractivity contribution is 9.10. The van der Waals surface area contributed by atoms with E-state index in [-0.39, 0.29) is 28.9 Å². The van der Waals surface area contributed by atoms with E-state index in [1.807, 2.05) is 0 Å². The molecule has 1 aromatic carbocycles. The molecule has 0 aromatic heterocycles. The Bertz CT molecular complexity index is 886. The Hall–Kier alpha value is -1.67. The van der Waals surface area contributed by atoms with Gasteiger partial charge in [-0.15, -0.1) is 0 Å². The van der Waals surface area contributed by atoms with Crippen LogP contribution in [0, 0.1) is 11.3 Å². The van der Waals surface area contributed by atoms with Crippen LogP contribution in [-0.4, -0.2) is 57.5 Å². The number of hydrogen-bond acceptors (Lipinski definition) is 6. The van der Waals surface area contributed by atoms with Gasteiger partial charge in [0.2, 0.25) is 15.9 Å². The van der Waals surface area contributed by atoms with Crippen molar-refractivity contribution in [2.75, 3.05) is 20.2 Å². The minimum atomic E-state index is -3.51. The monoisotopic (exact) mass is 470 g/mol. The number of nitrogens with zero attached hydrogens (tertiary/aromatic N) is 2. The van der Waals surface area contributed by atoms with Gasteiger partial charge in [-0.3, -0.25) is 10.1 Å². The second kappa shape index (κ2) is 8.78. The third-order valence-electron chi connectivity index (χ3n) is 5.15. The topological polar surface area (TPSA) is 112 Å². The normalized spacial score (nSPS) is 24.9. The molecule has 0 bridgehead atoms. The standard InChI is InChI=1S/C18H23BrN4O4S/c1-21-28(25,26)14-5-7-17(15(19)9-14)27-11-12-4-6-16(22-12)18(24)23-8-2-3-13(23)10-20/h5,7,9,12-13,16,21-22H,2-4,6,8,11H2,1H3/t12-,13+,16+/m1/s1. The third-order valence-corrected chi connectivity index (χ3v) is 7.18. The molecule has 152 valence electrons. The van der Waals surface area contributed by atoms with Crippen LogP contribution >= 0.6 is 15.9 Å². The second-order valence-electron chi connectivity index (χ2n) is 6.92. The number of benzene rings is 1. The predicted molar refractivity (Wildman–Crippen MR) is 106 cm³/mol. The molecule has 2 N–H and O–H groups in total. The first-order chi connectivity index (χ1) is 13.4. The van der Waals surface area contributed by atoms with E-state index in [0.717, 1.165) is 19.3 Å². The predicted octanol–water partition coefficient (Wildman–Crippen LogP) is 1.37. The van der Waals surface area contributed by atoms with Crippen LogP contribution in [0.2, 0.25) is 0 Å². The fraction of sp³-hybridized carbons (Fsp3) is 0.556. The fourth-order valence-corrected chi connectivity index (χ4v) is 4.98. The van der Waals surface area contributed by atoms with Crippen molar-refractivity contribution in [2.45, 2.75) is 48.7 Å². The maximum atomic E-state index is 12.7. The Kier molecular flexibility index (Phi) is 6.60. The minimum absolute atomic E-state index is 0.00523. The summed E-state index contributed by atoms with van der Waals surface area (Å²) >= 11 is 3.34. The van der Waals surface area contributed by atoms with Gasteiger partial charge in [-0.1, -0.05) is 0 Å². The zero-order valence-electron chi connectivity index (χ0n) is 15.5. The van der Waals surface area contributed by atoms with Crippen LogP contribution in [-0.2, 0) is 14.8 Å². The van der Waals surface area contributed by atoms with Gasteiger partial charge in [0, 0.05) is 12.6 Å². The summed E-state index contributed by atoms with van der Waals surface area (Å²) in [6.45, 7) is 1.01. The number of halogens is 1. The Labute approximate surface area is 173 Å². The van der Waals surface area contributed by atoms with Gasteiger partial charge < -0.3 is 9.64 Å². The fourth-order valence-electron chi connectivity index (χ4n) is 3.58. The molecule has 0 unspecified atom stereocenters. The van der Waals surface area contributed by atoms with Crippen LogP contribution in [0.1, 0.15) is 25.7 Å². The molecule has 0 aliphatic carbocycles. The Morgan fingerprint density at radius 1 is 1.43 bits per heavy atom. The van der Waals surface area contributed by atoms with Crippen LogP contribution < -0.4 is 14.8 Å². The summed E-state index contributed by atoms with van der Waals surface area (Å²) in [5.41, 5.74) is 0. The number of nitrogens with one attached hydrogen (secondary N) is 2. The third kappa shape index (κ3) is 4.49. The number of amides is 1. The quantitative estimate of drug-likeness (QED) is 0.649. The van der Waals surface area contributed by atoms with Gasteiger partial charge in [0.25, 0.3) is 0 Å². The molecule has 28 heavy (non-hydrogen) atoms. The summed E-state index contributed by atoms with van der Waals surface area (Å²) in [6.07, 6.45) is 3.12. The highest BCUT2D eigenvalue weighted by Crippen LogP contribution is 2.29. The molecule has 2 aliphatic rings. The molecular weight excluding hydrogens is 448 g/mol. The Morgan fingerprint density at radius 3 is 2.89 bits per heavy atom. The number of nitriles is 1. The summed E-state index contributed by atoms with van der Waals surface area (Å²) in [4.78, 5) is 14.5. The van der Waals surface area contributed by atoms with Crippen LogP contribution in [0.15, 0.2) is 27.6 Å². The lowest BCUT2D eigenvalue weighted by Crippen LogP contribution is -2.47. The van der Waals surface area contributed by atoms with E-state index in [9.17, 15) is 18.5 Å². The van der Waals surface area contributed by atoms with Gasteiger partial charge in [-0.05, 0) is 66.9 Å². The number of carbonyl (C=O) groups is 1. The SMILES string of the molecule is CNS(=O)(=O)c1ccc(OC[C@H]2CC[C@@H](C(=O)N3CCC[C@H]3C#N)N2)c(Br)c1. The van der Waals surface area contributed by atoms with Crippen molar-refractivity contribution in [3.8, 4) is 11.8 Å². The molecule has 0 saturated carbocycles. The number of rotatable bonds is 6. The van der Waals surface area contributed by atoms with Crippen molar-refractivity contribution in [2.24, 2.45) is 0 Å². The highest BCUT2D eigenvalue weighted by Gasteiger charge is 2.37. The molecule has 2 fully saturated rings. The summed E-state index contributed by atoms with van der Waals surface area (Å²) in [5, 5.41) is 12.5. The summed E-state index contributed by atoms with van der Waals surface area (Å²) in [7, 11) is -2.15. The van der Waals surface area contributed by atoms with E-state index < -0.39 is 10.0 Å². The number of likely N-dealkylation sites (tertiary alicyclic amines) is 1. The Morgan fingerprint density at radius 2 is 2.21 bits per heavy atom. The molecule has 10 heteroatoms. The molecule has 2 saturated heterocycles. The summed E-state index contributed by atoms with van der Waals surface area (Å²) in [6, 6.07) is 6.20. The molecule has 0 spiro atoms. The summed E-state index contributed by atoms with van der Waals surface area (Å²) < 4.78 is 32.3. The van der Waals surface area contributed by atoms with Gasteiger partial charge in [0.05, 0.1) is 21.5 Å². The van der Waals surface area contributed by atoms with Crippen molar-refractivity contribution in [3.63, 3.8) is 0 Å². The van der Waals surface area contributed by atoms with Crippen molar-refractivity contribution >= 4 is 31.9 Å². The van der Waals surface area contributed by atoms with Crippen LogP contribution in [0.25, 0.3) is 0 Å². The first-order valence-corrected chi connectivity index (χ1v) is 11.5. The number of sulfonamides is 1. The summed E-state index contributed by atoms with van der Waals surface area (Å²) in [5.74, 6) is 0.532. The smallest absolute Gasteiger partial charge is 0.240 e. The van der Waals surface area contributed by atoms with Crippen molar-refractivity contribution in [3.05, 3.63) is 22.7 Å². The first kappa shape index (κ1) is 21.0. The van der Waals surface area contributed by atoms with Gasteiger partial charge in [0.15, 0.2) is 0 Å². The lowest BCUT2D eigenvalue weighted by molar-refractivity contribution is -0.133. The van der Waals surface area contributed by atoms with Gasteiger partial charge >= 0.3 is 0 Å². The van der Waals surface area contributed by atoms with E-state index >= 15 is 0 Å². The van der Waals surface area contributed by atoms with Gasteiger partial charge in [-0.2, -0.15) is 5.26 Å². The van der Waals surface area contributed by atoms with E-state index in [1.165, 1.54) is 19.2 Å². The van der Waals surface area contributed by atoms with Crippen LogP contribution in [0.4, 0.5) is 0 Å². The molecule has 3 rings (SSSR count). The zero-order valence-corrected chi connectivity index (χ0v) is 17.9.